The van der Waals surface area contributed by atoms with Crippen molar-refractivity contribution >= 4 is 11.9 Å². The monoisotopic (exact) mass is 251 g/mol. The third kappa shape index (κ3) is 4.48. The molecule has 0 bridgehead atoms. The highest BCUT2D eigenvalue weighted by Crippen LogP contribution is 2.08. The minimum absolute atomic E-state index is 0.299. The summed E-state index contributed by atoms with van der Waals surface area (Å²) in [5, 5.41) is 2.53. The van der Waals surface area contributed by atoms with E-state index in [2.05, 4.69) is 15.3 Å². The van der Waals surface area contributed by atoms with Crippen molar-refractivity contribution in [1.82, 2.24) is 15.3 Å². The molecule has 0 aliphatic carbocycles. The predicted octanol–water partition coefficient (Wildman–Crippen LogP) is 0.937. The van der Waals surface area contributed by atoms with Gasteiger partial charge in [0.2, 0.25) is 0 Å². The van der Waals surface area contributed by atoms with E-state index in [0.29, 0.717) is 5.56 Å². The van der Waals surface area contributed by atoms with Crippen molar-refractivity contribution in [3.05, 3.63) is 24.3 Å². The summed E-state index contributed by atoms with van der Waals surface area (Å²) in [4.78, 5) is 30.8. The van der Waals surface area contributed by atoms with E-state index in [1.807, 2.05) is 0 Å². The van der Waals surface area contributed by atoms with Gasteiger partial charge in [0.25, 0.3) is 5.91 Å². The van der Waals surface area contributed by atoms with Gasteiger partial charge in [-0.2, -0.15) is 0 Å². The molecule has 0 fully saturated rings. The maximum atomic E-state index is 11.7. The van der Waals surface area contributed by atoms with E-state index in [1.165, 1.54) is 18.7 Å². The summed E-state index contributed by atoms with van der Waals surface area (Å²) in [7, 11) is 0. The molecule has 0 spiro atoms. The summed E-state index contributed by atoms with van der Waals surface area (Å²) in [5.74, 6) is -0.887. The number of esters is 1. The van der Waals surface area contributed by atoms with Crippen LogP contribution in [-0.4, -0.2) is 33.5 Å². The highest BCUT2D eigenvalue weighted by atomic mass is 16.6. The molecule has 98 valence electrons. The van der Waals surface area contributed by atoms with Crippen molar-refractivity contribution in [2.75, 3.05) is 0 Å². The van der Waals surface area contributed by atoms with Crippen molar-refractivity contribution in [3.63, 3.8) is 0 Å². The zero-order valence-corrected chi connectivity index (χ0v) is 10.9. The van der Waals surface area contributed by atoms with Crippen molar-refractivity contribution in [2.45, 2.75) is 39.3 Å². The SMILES string of the molecule is C[C@@H](NC(=O)c1cncnc1)C(=O)OC(C)(C)C. The van der Waals surface area contributed by atoms with E-state index in [0.717, 1.165) is 0 Å². The maximum absolute atomic E-state index is 11.7. The topological polar surface area (TPSA) is 81.2 Å². The molecule has 18 heavy (non-hydrogen) atoms. The van der Waals surface area contributed by atoms with Crippen LogP contribution in [0.15, 0.2) is 18.7 Å². The van der Waals surface area contributed by atoms with E-state index in [1.54, 1.807) is 27.7 Å². The third-order valence-electron chi connectivity index (χ3n) is 1.93. The minimum atomic E-state index is -0.725. The third-order valence-corrected chi connectivity index (χ3v) is 1.93. The van der Waals surface area contributed by atoms with Gasteiger partial charge in [0.05, 0.1) is 5.56 Å². The average Bonchev–Trinajstić information content (AvgIpc) is 2.27. The molecule has 6 nitrogen and oxygen atoms in total. The quantitative estimate of drug-likeness (QED) is 0.808. The molecule has 0 radical (unpaired) electrons. The Labute approximate surface area is 106 Å². The summed E-state index contributed by atoms with van der Waals surface area (Å²) in [6.07, 6.45) is 4.09. The number of carbonyl (C=O) groups is 2. The number of carbonyl (C=O) groups excluding carboxylic acids is 2. The summed E-state index contributed by atoms with van der Waals surface area (Å²) in [6, 6.07) is -0.725. The fraction of sp³-hybridized carbons (Fsp3) is 0.500. The molecule has 1 N–H and O–H groups in total. The molecule has 0 aromatic carbocycles. The summed E-state index contributed by atoms with van der Waals surface area (Å²) in [5.41, 5.74) is -0.278. The fourth-order valence-corrected chi connectivity index (χ4v) is 1.15. The van der Waals surface area contributed by atoms with Gasteiger partial charge in [0.15, 0.2) is 0 Å². The van der Waals surface area contributed by atoms with Gasteiger partial charge in [-0.05, 0) is 27.7 Å². The van der Waals surface area contributed by atoms with Crippen LogP contribution in [0.3, 0.4) is 0 Å². The first kappa shape index (κ1) is 14.1. The van der Waals surface area contributed by atoms with E-state index in [4.69, 9.17) is 4.74 Å². The molecule has 1 atom stereocenters. The summed E-state index contributed by atoms with van der Waals surface area (Å²) in [6.45, 7) is 6.87. The first-order valence-corrected chi connectivity index (χ1v) is 5.58. The van der Waals surface area contributed by atoms with Crippen molar-refractivity contribution in [3.8, 4) is 0 Å². The smallest absolute Gasteiger partial charge is 0.328 e. The molecular weight excluding hydrogens is 234 g/mol. The molecular formula is C12H17N3O3. The van der Waals surface area contributed by atoms with Crippen molar-refractivity contribution < 1.29 is 14.3 Å². The summed E-state index contributed by atoms with van der Waals surface area (Å²) < 4.78 is 5.15. The van der Waals surface area contributed by atoms with Crippen molar-refractivity contribution in [1.29, 1.82) is 0 Å². The van der Waals surface area contributed by atoms with Gasteiger partial charge in [-0.15, -0.1) is 0 Å². The van der Waals surface area contributed by atoms with Crippen LogP contribution in [0.2, 0.25) is 0 Å². The largest absolute Gasteiger partial charge is 0.458 e. The average molecular weight is 251 g/mol. The van der Waals surface area contributed by atoms with E-state index < -0.39 is 23.5 Å². The standard InChI is InChI=1S/C12H17N3O3/c1-8(11(17)18-12(2,3)4)15-10(16)9-5-13-7-14-6-9/h5-8H,1-4H3,(H,15,16)/t8-/m1/s1. The van der Waals surface area contributed by atoms with Gasteiger partial charge < -0.3 is 10.1 Å². The Morgan fingerprint density at radius 1 is 1.28 bits per heavy atom. The van der Waals surface area contributed by atoms with Crippen LogP contribution in [0.1, 0.15) is 38.1 Å². The zero-order chi connectivity index (χ0) is 13.8. The zero-order valence-electron chi connectivity index (χ0n) is 10.9. The van der Waals surface area contributed by atoms with Crippen LogP contribution in [0.25, 0.3) is 0 Å². The van der Waals surface area contributed by atoms with E-state index >= 15 is 0 Å². The van der Waals surface area contributed by atoms with Crippen LogP contribution < -0.4 is 5.32 Å². The van der Waals surface area contributed by atoms with Crippen LogP contribution in [0.5, 0.6) is 0 Å². The molecule has 1 amide bonds. The lowest BCUT2D eigenvalue weighted by atomic mass is 10.2. The van der Waals surface area contributed by atoms with Crippen LogP contribution in [-0.2, 0) is 9.53 Å². The highest BCUT2D eigenvalue weighted by Gasteiger charge is 2.23. The lowest BCUT2D eigenvalue weighted by molar-refractivity contribution is -0.156. The second kappa shape index (κ2) is 5.57. The van der Waals surface area contributed by atoms with Gasteiger partial charge >= 0.3 is 5.97 Å². The minimum Gasteiger partial charge on any atom is -0.458 e. The Morgan fingerprint density at radius 2 is 1.83 bits per heavy atom. The molecule has 1 aromatic heterocycles. The van der Waals surface area contributed by atoms with Crippen molar-refractivity contribution in [2.24, 2.45) is 0 Å². The van der Waals surface area contributed by atoms with Gasteiger partial charge in [0.1, 0.15) is 18.0 Å². The molecule has 1 rings (SSSR count). The van der Waals surface area contributed by atoms with Gasteiger partial charge in [-0.3, -0.25) is 4.79 Å². The summed E-state index contributed by atoms with van der Waals surface area (Å²) >= 11 is 0. The van der Waals surface area contributed by atoms with E-state index in [-0.39, 0.29) is 0 Å². The Hall–Kier alpha value is -1.98. The number of ether oxygens (including phenoxy) is 1. The number of amides is 1. The molecule has 0 aliphatic rings. The fourth-order valence-electron chi connectivity index (χ4n) is 1.15. The van der Waals surface area contributed by atoms with Gasteiger partial charge in [0, 0.05) is 12.4 Å². The Kier molecular flexibility index (Phi) is 4.36. The molecule has 0 aliphatic heterocycles. The number of rotatable bonds is 3. The normalized spacial score (nSPS) is 12.7. The maximum Gasteiger partial charge on any atom is 0.328 e. The lowest BCUT2D eigenvalue weighted by Crippen LogP contribution is -2.42. The highest BCUT2D eigenvalue weighted by molar-refractivity contribution is 5.96. The number of hydrogen-bond acceptors (Lipinski definition) is 5. The molecule has 1 heterocycles. The number of nitrogens with one attached hydrogen (secondary N) is 1. The molecule has 0 saturated heterocycles. The van der Waals surface area contributed by atoms with Crippen LogP contribution in [0, 0.1) is 0 Å². The molecule has 0 unspecified atom stereocenters. The first-order valence-electron chi connectivity index (χ1n) is 5.58. The first-order chi connectivity index (χ1) is 8.29. The predicted molar refractivity (Wildman–Crippen MR) is 64.8 cm³/mol. The van der Waals surface area contributed by atoms with Crippen LogP contribution in [0.4, 0.5) is 0 Å². The Bertz CT molecular complexity index is 426. The Balaban J connectivity index is 2.58. The van der Waals surface area contributed by atoms with E-state index in [9.17, 15) is 9.59 Å². The second-order valence-corrected chi connectivity index (χ2v) is 4.86. The Morgan fingerprint density at radius 3 is 2.33 bits per heavy atom. The van der Waals surface area contributed by atoms with Crippen LogP contribution >= 0.6 is 0 Å². The number of hydrogen-bond donors (Lipinski definition) is 1. The molecule has 6 heteroatoms. The molecule has 1 aromatic rings. The second-order valence-electron chi connectivity index (χ2n) is 4.86. The lowest BCUT2D eigenvalue weighted by Gasteiger charge is -2.22. The van der Waals surface area contributed by atoms with Gasteiger partial charge in [-0.25, -0.2) is 14.8 Å². The number of nitrogens with zero attached hydrogens (tertiary/aromatic N) is 2. The van der Waals surface area contributed by atoms with Gasteiger partial charge in [-0.1, -0.05) is 0 Å². The molecule has 0 saturated carbocycles. The number of aromatic nitrogens is 2.